The van der Waals surface area contributed by atoms with Gasteiger partial charge in [0.05, 0.1) is 0 Å². The highest BCUT2D eigenvalue weighted by Crippen LogP contribution is 2.17. The van der Waals surface area contributed by atoms with Crippen LogP contribution in [0.3, 0.4) is 0 Å². The first kappa shape index (κ1) is 11.6. The number of hydrogen-bond donors (Lipinski definition) is 2. The fourth-order valence-electron chi connectivity index (χ4n) is 2.40. The van der Waals surface area contributed by atoms with Gasteiger partial charge in [-0.05, 0) is 44.2 Å². The Kier molecular flexibility index (Phi) is 3.99. The smallest absolute Gasteiger partial charge is 0.106 e. The van der Waals surface area contributed by atoms with E-state index < -0.39 is 0 Å². The Balaban J connectivity index is 1.86. The summed E-state index contributed by atoms with van der Waals surface area (Å²) < 4.78 is 0. The van der Waals surface area contributed by atoms with Crippen molar-refractivity contribution >= 4 is 0 Å². The molecule has 90 valence electrons. The molecule has 0 radical (unpaired) electrons. The molecule has 3 heteroatoms. The van der Waals surface area contributed by atoms with Crippen LogP contribution in [0, 0.1) is 11.8 Å². The van der Waals surface area contributed by atoms with E-state index in [2.05, 4.69) is 29.1 Å². The first-order chi connectivity index (χ1) is 7.74. The van der Waals surface area contributed by atoms with Crippen molar-refractivity contribution in [3.63, 3.8) is 0 Å². The van der Waals surface area contributed by atoms with Crippen molar-refractivity contribution < 1.29 is 0 Å². The quantitative estimate of drug-likeness (QED) is 0.818. The maximum Gasteiger partial charge on any atom is 0.106 e. The first-order valence-electron chi connectivity index (χ1n) is 6.47. The summed E-state index contributed by atoms with van der Waals surface area (Å²) in [5, 5.41) is 3.41. The van der Waals surface area contributed by atoms with Crippen molar-refractivity contribution in [2.75, 3.05) is 13.1 Å². The summed E-state index contributed by atoms with van der Waals surface area (Å²) in [6.45, 7) is 6.82. The minimum absolute atomic E-state index is 0.679. The van der Waals surface area contributed by atoms with Crippen LogP contribution in [0.15, 0.2) is 6.20 Å². The summed E-state index contributed by atoms with van der Waals surface area (Å²) in [4.78, 5) is 7.91. The summed E-state index contributed by atoms with van der Waals surface area (Å²) >= 11 is 0. The van der Waals surface area contributed by atoms with Gasteiger partial charge in [0.25, 0.3) is 0 Å². The maximum atomic E-state index is 4.45. The molecule has 2 heterocycles. The highest BCUT2D eigenvalue weighted by Gasteiger charge is 2.14. The van der Waals surface area contributed by atoms with Crippen LogP contribution in [-0.2, 0) is 12.8 Å². The molecule has 1 saturated heterocycles. The normalized spacial score (nSPS) is 18.2. The molecule has 0 unspecified atom stereocenters. The largest absolute Gasteiger partial charge is 0.346 e. The number of aromatic amines is 1. The average Bonchev–Trinajstić information content (AvgIpc) is 2.66. The highest BCUT2D eigenvalue weighted by molar-refractivity contribution is 5.03. The van der Waals surface area contributed by atoms with Gasteiger partial charge < -0.3 is 10.3 Å². The zero-order valence-corrected chi connectivity index (χ0v) is 10.4. The summed E-state index contributed by atoms with van der Waals surface area (Å²) in [6, 6.07) is 0. The van der Waals surface area contributed by atoms with Gasteiger partial charge >= 0.3 is 0 Å². The standard InChI is InChI=1S/C13H23N3/c1-10(2)7-13-15-9-12(16-13)8-11-3-5-14-6-4-11/h9-11,14H,3-8H2,1-2H3,(H,15,16). The SMILES string of the molecule is CC(C)Cc1ncc(CC2CCNCC2)[nH]1. The van der Waals surface area contributed by atoms with Crippen molar-refractivity contribution in [3.05, 3.63) is 17.7 Å². The zero-order valence-electron chi connectivity index (χ0n) is 10.4. The molecular formula is C13H23N3. The van der Waals surface area contributed by atoms with Gasteiger partial charge in [0, 0.05) is 18.3 Å². The van der Waals surface area contributed by atoms with Crippen molar-refractivity contribution in [3.8, 4) is 0 Å². The van der Waals surface area contributed by atoms with Gasteiger partial charge in [-0.3, -0.25) is 0 Å². The third kappa shape index (κ3) is 3.34. The van der Waals surface area contributed by atoms with E-state index >= 15 is 0 Å². The van der Waals surface area contributed by atoms with E-state index in [1.54, 1.807) is 0 Å². The van der Waals surface area contributed by atoms with E-state index in [1.807, 2.05) is 6.20 Å². The molecular weight excluding hydrogens is 198 g/mol. The highest BCUT2D eigenvalue weighted by atomic mass is 14.9. The lowest BCUT2D eigenvalue weighted by Crippen LogP contribution is -2.28. The number of rotatable bonds is 4. The van der Waals surface area contributed by atoms with Crippen LogP contribution >= 0.6 is 0 Å². The van der Waals surface area contributed by atoms with Gasteiger partial charge in [-0.1, -0.05) is 13.8 Å². The second kappa shape index (κ2) is 5.48. The second-order valence-electron chi connectivity index (χ2n) is 5.35. The predicted octanol–water partition coefficient (Wildman–Crippen LogP) is 2.15. The first-order valence-corrected chi connectivity index (χ1v) is 6.47. The van der Waals surface area contributed by atoms with Gasteiger partial charge in [-0.15, -0.1) is 0 Å². The Morgan fingerprint density at radius 3 is 2.81 bits per heavy atom. The Labute approximate surface area is 98.1 Å². The van der Waals surface area contributed by atoms with Gasteiger partial charge in [-0.25, -0.2) is 4.98 Å². The molecule has 1 aromatic heterocycles. The lowest BCUT2D eigenvalue weighted by atomic mass is 9.93. The summed E-state index contributed by atoms with van der Waals surface area (Å²) in [7, 11) is 0. The number of nitrogens with one attached hydrogen (secondary N) is 2. The lowest BCUT2D eigenvalue weighted by Gasteiger charge is -2.21. The molecule has 1 aliphatic rings. The molecule has 0 saturated carbocycles. The number of piperidine rings is 1. The number of H-pyrrole nitrogens is 1. The third-order valence-electron chi connectivity index (χ3n) is 3.25. The molecule has 2 N–H and O–H groups in total. The van der Waals surface area contributed by atoms with Crippen LogP contribution in [0.1, 0.15) is 38.2 Å². The van der Waals surface area contributed by atoms with E-state index in [9.17, 15) is 0 Å². The third-order valence-corrected chi connectivity index (χ3v) is 3.25. The molecule has 0 spiro atoms. The zero-order chi connectivity index (χ0) is 11.4. The van der Waals surface area contributed by atoms with Crippen molar-refractivity contribution in [1.82, 2.24) is 15.3 Å². The van der Waals surface area contributed by atoms with Crippen LogP contribution in [0.2, 0.25) is 0 Å². The van der Waals surface area contributed by atoms with Gasteiger partial charge in [0.1, 0.15) is 5.82 Å². The monoisotopic (exact) mass is 221 g/mol. The molecule has 1 aromatic rings. The summed E-state index contributed by atoms with van der Waals surface area (Å²) in [5.41, 5.74) is 1.32. The molecule has 1 fully saturated rings. The Morgan fingerprint density at radius 2 is 2.12 bits per heavy atom. The molecule has 16 heavy (non-hydrogen) atoms. The average molecular weight is 221 g/mol. The van der Waals surface area contributed by atoms with Crippen LogP contribution in [0.4, 0.5) is 0 Å². The molecule has 0 amide bonds. The van der Waals surface area contributed by atoms with Crippen molar-refractivity contribution in [1.29, 1.82) is 0 Å². The Bertz CT molecular complexity index is 311. The number of hydrogen-bond acceptors (Lipinski definition) is 2. The summed E-state index contributed by atoms with van der Waals surface area (Å²) in [5.74, 6) is 2.67. The Hall–Kier alpha value is -0.830. The van der Waals surface area contributed by atoms with E-state index in [0.29, 0.717) is 5.92 Å². The molecule has 1 aliphatic heterocycles. The molecule has 2 rings (SSSR count). The van der Waals surface area contributed by atoms with Crippen molar-refractivity contribution in [2.24, 2.45) is 11.8 Å². The fourth-order valence-corrected chi connectivity index (χ4v) is 2.40. The van der Waals surface area contributed by atoms with Crippen LogP contribution in [-0.4, -0.2) is 23.1 Å². The number of imidazole rings is 1. The lowest BCUT2D eigenvalue weighted by molar-refractivity contribution is 0.370. The van der Waals surface area contributed by atoms with E-state index in [-0.39, 0.29) is 0 Å². The molecule has 0 bridgehead atoms. The molecule has 3 nitrogen and oxygen atoms in total. The number of nitrogens with zero attached hydrogens (tertiary/aromatic N) is 1. The maximum absolute atomic E-state index is 4.45. The Morgan fingerprint density at radius 1 is 1.38 bits per heavy atom. The second-order valence-corrected chi connectivity index (χ2v) is 5.35. The molecule has 0 aromatic carbocycles. The summed E-state index contributed by atoms with van der Waals surface area (Å²) in [6.07, 6.45) is 6.87. The topological polar surface area (TPSA) is 40.7 Å². The van der Waals surface area contributed by atoms with Gasteiger partial charge in [0.2, 0.25) is 0 Å². The molecule has 0 aliphatic carbocycles. The van der Waals surface area contributed by atoms with Crippen LogP contribution < -0.4 is 5.32 Å². The molecule has 0 atom stereocenters. The van der Waals surface area contributed by atoms with Crippen molar-refractivity contribution in [2.45, 2.75) is 39.5 Å². The minimum atomic E-state index is 0.679. The van der Waals surface area contributed by atoms with E-state index in [4.69, 9.17) is 0 Å². The number of aromatic nitrogens is 2. The van der Waals surface area contributed by atoms with Crippen LogP contribution in [0.25, 0.3) is 0 Å². The van der Waals surface area contributed by atoms with Gasteiger partial charge in [-0.2, -0.15) is 0 Å². The van der Waals surface area contributed by atoms with Crippen LogP contribution in [0.5, 0.6) is 0 Å². The van der Waals surface area contributed by atoms with E-state index in [0.717, 1.165) is 18.2 Å². The van der Waals surface area contributed by atoms with Gasteiger partial charge in [0.15, 0.2) is 0 Å². The fraction of sp³-hybridized carbons (Fsp3) is 0.769. The minimum Gasteiger partial charge on any atom is -0.346 e. The predicted molar refractivity (Wildman–Crippen MR) is 66.4 cm³/mol. The van der Waals surface area contributed by atoms with E-state index in [1.165, 1.54) is 38.0 Å².